The minimum absolute atomic E-state index is 0.239. The minimum atomic E-state index is -4.66. The van der Waals surface area contributed by atoms with Crippen molar-refractivity contribution in [1.82, 2.24) is 0 Å². The Hall–Kier alpha value is -0.185. The van der Waals surface area contributed by atoms with Crippen LogP contribution >= 0.6 is 22.6 Å². The summed E-state index contributed by atoms with van der Waals surface area (Å²) in [4.78, 5) is 0. The molecule has 0 aliphatic carbocycles. The van der Waals surface area contributed by atoms with E-state index in [0.717, 1.165) is 0 Å². The van der Waals surface area contributed by atoms with Crippen LogP contribution in [0.2, 0.25) is 0 Å². The average molecular weight is 386 g/mol. The molecule has 0 spiro atoms. The Morgan fingerprint density at radius 2 is 1.67 bits per heavy atom. The summed E-state index contributed by atoms with van der Waals surface area (Å²) in [6.07, 6.45) is 0. The van der Waals surface area contributed by atoms with E-state index >= 15 is 0 Å². The maximum atomic E-state index is 12.8. The third kappa shape index (κ3) is 3.22. The summed E-state index contributed by atoms with van der Waals surface area (Å²) in [5.41, 5.74) is 2.25. The molecule has 0 fully saturated rings. The van der Waals surface area contributed by atoms with Gasteiger partial charge in [-0.1, -0.05) is 0 Å². The smallest absolute Gasteiger partial charge is 0.423 e. The van der Waals surface area contributed by atoms with Gasteiger partial charge in [0.25, 0.3) is 0 Å². The molecule has 0 aliphatic rings. The highest BCUT2D eigenvalue weighted by molar-refractivity contribution is 14.1. The topological polar surface area (TPSA) is 74.6 Å². The molecule has 18 heavy (non-hydrogen) atoms. The van der Waals surface area contributed by atoms with Gasteiger partial charge in [0.15, 0.2) is 0 Å². The molecule has 100 valence electrons. The van der Waals surface area contributed by atoms with E-state index in [2.05, 4.69) is 0 Å². The van der Waals surface area contributed by atoms with Gasteiger partial charge >= 0.3 is 17.3 Å². The molecular formula is C10H13BFIO4S. The molecule has 8 heteroatoms. The van der Waals surface area contributed by atoms with Gasteiger partial charge in [0.05, 0.1) is 0 Å². The van der Waals surface area contributed by atoms with E-state index in [-0.39, 0.29) is 11.0 Å². The van der Waals surface area contributed by atoms with Crippen LogP contribution < -0.4 is 5.46 Å². The van der Waals surface area contributed by atoms with Gasteiger partial charge in [-0.15, -0.1) is 3.89 Å². The van der Waals surface area contributed by atoms with Crippen molar-refractivity contribution in [1.29, 1.82) is 0 Å². The van der Waals surface area contributed by atoms with Crippen LogP contribution in [0.4, 0.5) is 3.89 Å². The van der Waals surface area contributed by atoms with Crippen molar-refractivity contribution in [2.45, 2.75) is 26.5 Å². The number of hydrogen-bond acceptors (Lipinski definition) is 4. The van der Waals surface area contributed by atoms with Crippen LogP contribution in [0.1, 0.15) is 22.3 Å². The largest absolute Gasteiger partial charge is 0.489 e. The molecule has 1 rings (SSSR count). The van der Waals surface area contributed by atoms with Crippen molar-refractivity contribution < 1.29 is 22.4 Å². The van der Waals surface area contributed by atoms with E-state index in [1.54, 1.807) is 20.8 Å². The number of rotatable bonds is 3. The van der Waals surface area contributed by atoms with E-state index in [0.29, 0.717) is 20.3 Å². The molecule has 0 saturated heterocycles. The number of halogens is 2. The summed E-state index contributed by atoms with van der Waals surface area (Å²) in [7, 11) is -6.37. The third-order valence-corrected chi connectivity index (χ3v) is 5.20. The first-order valence-electron chi connectivity index (χ1n) is 5.12. The van der Waals surface area contributed by atoms with Gasteiger partial charge in [0, 0.05) is 3.57 Å². The zero-order chi connectivity index (χ0) is 14.2. The average Bonchev–Trinajstić information content (AvgIpc) is 2.20. The molecule has 0 bridgehead atoms. The second kappa shape index (κ2) is 5.44. The van der Waals surface area contributed by atoms with Crippen molar-refractivity contribution in [2.75, 3.05) is 0 Å². The van der Waals surface area contributed by atoms with Gasteiger partial charge in [-0.25, -0.2) is 0 Å². The second-order valence-corrected chi connectivity index (χ2v) is 6.58. The van der Waals surface area contributed by atoms with Crippen LogP contribution in [0.3, 0.4) is 0 Å². The second-order valence-electron chi connectivity index (χ2n) is 4.14. The Balaban J connectivity index is 3.62. The van der Waals surface area contributed by atoms with E-state index in [1.165, 1.54) is 0 Å². The van der Waals surface area contributed by atoms with Gasteiger partial charge < -0.3 is 10.0 Å². The SMILES string of the molecule is Cc1c(I)c(C)c(B(O)O)c(C)c1CS(=O)(=O)F. The van der Waals surface area contributed by atoms with Crippen LogP contribution in [0, 0.1) is 24.3 Å². The van der Waals surface area contributed by atoms with Crippen LogP contribution in [0.25, 0.3) is 0 Å². The van der Waals surface area contributed by atoms with E-state index in [4.69, 9.17) is 0 Å². The lowest BCUT2D eigenvalue weighted by atomic mass is 9.72. The van der Waals surface area contributed by atoms with E-state index in [9.17, 15) is 22.4 Å². The summed E-state index contributed by atoms with van der Waals surface area (Å²) < 4.78 is 35.1. The Bertz CT molecular complexity index is 586. The predicted octanol–water partition coefficient (Wildman–Crippen LogP) is 0.696. The first-order valence-corrected chi connectivity index (χ1v) is 7.76. The van der Waals surface area contributed by atoms with Crippen LogP contribution in [-0.2, 0) is 16.0 Å². The molecule has 0 aliphatic heterocycles. The Labute approximate surface area is 120 Å². The van der Waals surface area contributed by atoms with Crippen LogP contribution in [0.15, 0.2) is 0 Å². The third-order valence-electron chi connectivity index (χ3n) is 2.95. The Morgan fingerprint density at radius 3 is 2.06 bits per heavy atom. The van der Waals surface area contributed by atoms with E-state index in [1.807, 2.05) is 22.6 Å². The molecule has 0 saturated carbocycles. The molecule has 0 heterocycles. The lowest BCUT2D eigenvalue weighted by molar-refractivity contribution is 0.425. The molecule has 0 aromatic heterocycles. The van der Waals surface area contributed by atoms with Crippen molar-refractivity contribution in [3.8, 4) is 0 Å². The maximum absolute atomic E-state index is 12.8. The highest BCUT2D eigenvalue weighted by atomic mass is 127. The highest BCUT2D eigenvalue weighted by Crippen LogP contribution is 2.24. The number of benzene rings is 1. The fourth-order valence-corrected chi connectivity index (χ4v) is 3.43. The molecule has 2 N–H and O–H groups in total. The molecule has 4 nitrogen and oxygen atoms in total. The van der Waals surface area contributed by atoms with Gasteiger partial charge in [0.2, 0.25) is 0 Å². The summed E-state index contributed by atoms with van der Waals surface area (Å²) in [6, 6.07) is 0. The lowest BCUT2D eigenvalue weighted by Gasteiger charge is -2.18. The summed E-state index contributed by atoms with van der Waals surface area (Å²) >= 11 is 1.98. The first kappa shape index (κ1) is 15.9. The maximum Gasteiger partial charge on any atom is 0.489 e. The zero-order valence-corrected chi connectivity index (χ0v) is 13.1. The first-order chi connectivity index (χ1) is 8.06. The quantitative estimate of drug-likeness (QED) is 0.456. The van der Waals surface area contributed by atoms with E-state index < -0.39 is 23.1 Å². The molecule has 0 radical (unpaired) electrons. The van der Waals surface area contributed by atoms with Crippen molar-refractivity contribution in [3.05, 3.63) is 25.8 Å². The van der Waals surface area contributed by atoms with Gasteiger partial charge in [-0.2, -0.15) is 8.42 Å². The summed E-state index contributed by atoms with van der Waals surface area (Å²) in [5, 5.41) is 18.7. The molecule has 0 atom stereocenters. The molecule has 1 aromatic carbocycles. The highest BCUT2D eigenvalue weighted by Gasteiger charge is 2.25. The summed E-state index contributed by atoms with van der Waals surface area (Å²) in [5.74, 6) is -0.749. The Morgan fingerprint density at radius 1 is 1.17 bits per heavy atom. The molecule has 0 unspecified atom stereocenters. The Kier molecular flexibility index (Phi) is 4.79. The van der Waals surface area contributed by atoms with Crippen LogP contribution in [-0.4, -0.2) is 25.6 Å². The predicted molar refractivity (Wildman–Crippen MR) is 76.9 cm³/mol. The van der Waals surface area contributed by atoms with Crippen molar-refractivity contribution >= 4 is 45.4 Å². The minimum Gasteiger partial charge on any atom is -0.423 e. The molecular weight excluding hydrogens is 373 g/mol. The lowest BCUT2D eigenvalue weighted by Crippen LogP contribution is -2.36. The van der Waals surface area contributed by atoms with Gasteiger partial charge in [0.1, 0.15) is 5.75 Å². The standard InChI is InChI=1S/C10H13BFIO4S/c1-5-8(4-18(12,16)17)6(2)10(13)7(3)9(5)11(14)15/h14-15H,4H2,1-3H3. The zero-order valence-electron chi connectivity index (χ0n) is 10.2. The molecule has 0 amide bonds. The molecule has 1 aromatic rings. The van der Waals surface area contributed by atoms with Crippen molar-refractivity contribution in [3.63, 3.8) is 0 Å². The fourth-order valence-electron chi connectivity index (χ4n) is 2.03. The normalized spacial score (nSPS) is 11.7. The van der Waals surface area contributed by atoms with Crippen molar-refractivity contribution in [2.24, 2.45) is 0 Å². The number of hydrogen-bond donors (Lipinski definition) is 2. The van der Waals surface area contributed by atoms with Crippen LogP contribution in [0.5, 0.6) is 0 Å². The van der Waals surface area contributed by atoms with Gasteiger partial charge in [-0.05, 0) is 71.1 Å². The fraction of sp³-hybridized carbons (Fsp3) is 0.400. The summed E-state index contributed by atoms with van der Waals surface area (Å²) in [6.45, 7) is 4.96. The van der Waals surface area contributed by atoms with Gasteiger partial charge in [-0.3, -0.25) is 0 Å². The monoisotopic (exact) mass is 386 g/mol.